The van der Waals surface area contributed by atoms with Gasteiger partial charge in [0.25, 0.3) is 0 Å². The van der Waals surface area contributed by atoms with Crippen molar-refractivity contribution in [2.45, 2.75) is 80.7 Å². The third-order valence-electron chi connectivity index (χ3n) is 9.44. The van der Waals surface area contributed by atoms with Crippen LogP contribution in [0.4, 0.5) is 0 Å². The van der Waals surface area contributed by atoms with Gasteiger partial charge in [-0.2, -0.15) is 0 Å². The number of methoxy groups -OCH3 is 2. The van der Waals surface area contributed by atoms with Crippen LogP contribution in [0.15, 0.2) is 30.3 Å². The zero-order valence-corrected chi connectivity index (χ0v) is 26.2. The highest BCUT2D eigenvalue weighted by Gasteiger charge is 2.48. The van der Waals surface area contributed by atoms with Crippen LogP contribution >= 0.6 is 0 Å². The highest BCUT2D eigenvalue weighted by Crippen LogP contribution is 2.48. The van der Waals surface area contributed by atoms with Gasteiger partial charge in [-0.05, 0) is 66.1 Å². The molecule has 47 heavy (non-hydrogen) atoms. The molecule has 2 saturated heterocycles. The largest absolute Gasteiger partial charge is 0.504 e. The molecule has 5 rings (SSSR count). The Morgan fingerprint density at radius 2 is 1.34 bits per heavy atom. The quantitative estimate of drug-likeness (QED) is 0.143. The molecule has 0 amide bonds. The number of phenols is 2. The maximum absolute atomic E-state index is 10.7. The molecule has 15 heteroatoms. The summed E-state index contributed by atoms with van der Waals surface area (Å²) < 4.78 is 33.4. The molecule has 2 heterocycles. The Bertz CT molecular complexity index is 1360. The van der Waals surface area contributed by atoms with Crippen LogP contribution in [0.2, 0.25) is 0 Å². The molecular weight excluding hydrogens is 624 g/mol. The first-order valence-electron chi connectivity index (χ1n) is 15.4. The van der Waals surface area contributed by atoms with E-state index in [1.54, 1.807) is 24.3 Å². The minimum Gasteiger partial charge on any atom is -0.504 e. The molecule has 0 spiro atoms. The monoisotopic (exact) mass is 668 g/mol. The van der Waals surface area contributed by atoms with E-state index in [0.717, 1.165) is 11.1 Å². The minimum absolute atomic E-state index is 0.0687. The van der Waals surface area contributed by atoms with Gasteiger partial charge in [0, 0.05) is 12.5 Å². The van der Waals surface area contributed by atoms with Crippen molar-refractivity contribution in [3.05, 3.63) is 47.0 Å². The van der Waals surface area contributed by atoms with Crippen molar-refractivity contribution in [2.75, 3.05) is 34.0 Å². The molecule has 2 aromatic rings. The molecular formula is C32H44O15. The second-order valence-electron chi connectivity index (χ2n) is 12.3. The third-order valence-corrected chi connectivity index (χ3v) is 9.44. The molecule has 2 fully saturated rings. The smallest absolute Gasteiger partial charge is 0.186 e. The molecule has 13 atom stereocenters. The summed E-state index contributed by atoms with van der Waals surface area (Å²) in [6.45, 7) is 0.662. The molecule has 0 bridgehead atoms. The predicted octanol–water partition coefficient (Wildman–Crippen LogP) is -1.30. The van der Waals surface area contributed by atoms with Crippen LogP contribution in [0.25, 0.3) is 0 Å². The maximum atomic E-state index is 10.7. The van der Waals surface area contributed by atoms with Gasteiger partial charge in [-0.1, -0.05) is 6.07 Å². The molecule has 262 valence electrons. The van der Waals surface area contributed by atoms with Gasteiger partial charge in [0.1, 0.15) is 42.7 Å². The zero-order chi connectivity index (χ0) is 34.2. The first kappa shape index (κ1) is 35.5. The SMILES string of the molecule is COc1cc([C@@H]2c3cc(O)c(OC)cc3C[C@H](CO[C@@H]3O[C@H](CO[C@@H]4O[C@@H](C)[C@H](O)[C@@H](O)[C@H]4O)[C@@H](O)[C@H](O)[C@H]3O)[C@H]2CO)ccc1O. The zero-order valence-electron chi connectivity index (χ0n) is 26.2. The normalized spacial score (nSPS) is 37.3. The second kappa shape index (κ2) is 14.8. The van der Waals surface area contributed by atoms with Crippen LogP contribution in [0.3, 0.4) is 0 Å². The van der Waals surface area contributed by atoms with Gasteiger partial charge in [0.2, 0.25) is 0 Å². The van der Waals surface area contributed by atoms with E-state index in [4.69, 9.17) is 28.4 Å². The summed E-state index contributed by atoms with van der Waals surface area (Å²) in [5.74, 6) is -1.06. The summed E-state index contributed by atoms with van der Waals surface area (Å²) in [6, 6.07) is 8.12. The average Bonchev–Trinajstić information content (AvgIpc) is 3.06. The van der Waals surface area contributed by atoms with E-state index in [-0.39, 0.29) is 36.2 Å². The van der Waals surface area contributed by atoms with E-state index in [2.05, 4.69) is 0 Å². The van der Waals surface area contributed by atoms with Crippen molar-refractivity contribution in [3.63, 3.8) is 0 Å². The predicted molar refractivity (Wildman–Crippen MR) is 160 cm³/mol. The van der Waals surface area contributed by atoms with Crippen LogP contribution in [-0.4, -0.2) is 141 Å². The third kappa shape index (κ3) is 7.02. The lowest BCUT2D eigenvalue weighted by atomic mass is 9.67. The van der Waals surface area contributed by atoms with Crippen LogP contribution in [0.5, 0.6) is 23.0 Å². The first-order chi connectivity index (χ1) is 22.4. The topological polar surface area (TPSA) is 237 Å². The molecule has 1 aliphatic carbocycles. The highest BCUT2D eigenvalue weighted by atomic mass is 16.7. The summed E-state index contributed by atoms with van der Waals surface area (Å²) in [4.78, 5) is 0. The Kier molecular flexibility index (Phi) is 11.1. The van der Waals surface area contributed by atoms with Crippen LogP contribution in [-0.2, 0) is 25.4 Å². The summed E-state index contributed by atoms with van der Waals surface area (Å²) in [5, 5.41) is 93.8. The second-order valence-corrected chi connectivity index (χ2v) is 12.3. The summed E-state index contributed by atoms with van der Waals surface area (Å²) in [7, 11) is 2.85. The van der Waals surface area contributed by atoms with Crippen molar-refractivity contribution in [3.8, 4) is 23.0 Å². The summed E-state index contributed by atoms with van der Waals surface area (Å²) >= 11 is 0. The Morgan fingerprint density at radius 1 is 0.723 bits per heavy atom. The van der Waals surface area contributed by atoms with Gasteiger partial charge in [-0.25, -0.2) is 0 Å². The van der Waals surface area contributed by atoms with E-state index >= 15 is 0 Å². The molecule has 0 saturated carbocycles. The Labute approximate surface area is 271 Å². The highest BCUT2D eigenvalue weighted by molar-refractivity contribution is 5.53. The maximum Gasteiger partial charge on any atom is 0.186 e. The number of aromatic hydroxyl groups is 2. The standard InChI is InChI=1S/C32H44O15/c1-13-25(36)27(38)29(40)31(46-13)45-12-23-26(37)28(39)30(41)32(47-23)44-11-16-6-15-8-22(43-3)20(35)9-17(15)24(18(16)10-33)14-4-5-19(34)21(7-14)42-2/h4-5,7-9,13,16,18,23-41H,6,10-12H2,1-3H3/t13-,16+,18+,23+,24+,25-,26+,27+,28-,29+,30+,31+,32+/m0/s1. The fourth-order valence-corrected chi connectivity index (χ4v) is 6.70. The van der Waals surface area contributed by atoms with Crippen LogP contribution in [0.1, 0.15) is 29.5 Å². The molecule has 9 N–H and O–H groups in total. The number of benzene rings is 2. The van der Waals surface area contributed by atoms with E-state index in [1.165, 1.54) is 27.2 Å². The molecule has 2 aromatic carbocycles. The summed E-state index contributed by atoms with van der Waals surface area (Å²) in [5.41, 5.74) is 2.22. The van der Waals surface area contributed by atoms with Crippen molar-refractivity contribution < 1.29 is 74.4 Å². The minimum atomic E-state index is -1.70. The lowest BCUT2D eigenvalue weighted by Crippen LogP contribution is -2.61. The first-order valence-corrected chi connectivity index (χ1v) is 15.4. The molecule has 3 aliphatic rings. The number of hydrogen-bond acceptors (Lipinski definition) is 15. The van der Waals surface area contributed by atoms with E-state index < -0.39 is 85.8 Å². The van der Waals surface area contributed by atoms with Crippen molar-refractivity contribution in [1.82, 2.24) is 0 Å². The molecule has 15 nitrogen and oxygen atoms in total. The molecule has 0 radical (unpaired) electrons. The van der Waals surface area contributed by atoms with Crippen molar-refractivity contribution in [1.29, 1.82) is 0 Å². The van der Waals surface area contributed by atoms with Crippen LogP contribution < -0.4 is 9.47 Å². The molecule has 0 unspecified atom stereocenters. The Morgan fingerprint density at radius 3 is 2.00 bits per heavy atom. The fraction of sp³-hybridized carbons (Fsp3) is 0.625. The van der Waals surface area contributed by atoms with Crippen LogP contribution in [0, 0.1) is 11.8 Å². The number of hydrogen-bond donors (Lipinski definition) is 9. The van der Waals surface area contributed by atoms with E-state index in [0.29, 0.717) is 12.0 Å². The lowest BCUT2D eigenvalue weighted by Gasteiger charge is -2.43. The average molecular weight is 669 g/mol. The lowest BCUT2D eigenvalue weighted by molar-refractivity contribution is -0.329. The van der Waals surface area contributed by atoms with E-state index in [9.17, 15) is 46.0 Å². The van der Waals surface area contributed by atoms with Gasteiger partial charge in [0.05, 0.1) is 33.5 Å². The van der Waals surface area contributed by atoms with Gasteiger partial charge in [0.15, 0.2) is 35.6 Å². The number of aliphatic hydroxyl groups is 7. The van der Waals surface area contributed by atoms with Gasteiger partial charge >= 0.3 is 0 Å². The number of fused-ring (bicyclic) bond motifs is 1. The Hall–Kier alpha value is -2.80. The van der Waals surface area contributed by atoms with E-state index in [1.807, 2.05) is 0 Å². The summed E-state index contributed by atoms with van der Waals surface area (Å²) in [6.07, 6.45) is -14.0. The Balaban J connectivity index is 1.35. The molecule has 2 aliphatic heterocycles. The van der Waals surface area contributed by atoms with Gasteiger partial charge in [-0.3, -0.25) is 0 Å². The fourth-order valence-electron chi connectivity index (χ4n) is 6.70. The van der Waals surface area contributed by atoms with Gasteiger partial charge < -0.3 is 74.4 Å². The molecule has 0 aromatic heterocycles. The number of phenolic OH excluding ortho intramolecular Hbond substituents is 2. The number of aliphatic hydroxyl groups excluding tert-OH is 7. The van der Waals surface area contributed by atoms with Gasteiger partial charge in [-0.15, -0.1) is 0 Å². The van der Waals surface area contributed by atoms with Crippen molar-refractivity contribution in [2.24, 2.45) is 11.8 Å². The number of rotatable bonds is 10. The van der Waals surface area contributed by atoms with Crippen molar-refractivity contribution >= 4 is 0 Å². The number of ether oxygens (including phenoxy) is 6.